The first-order chi connectivity index (χ1) is 12.7. The van der Waals surface area contributed by atoms with Crippen molar-refractivity contribution in [3.05, 3.63) is 11.6 Å². The first kappa shape index (κ1) is 24.6. The molecule has 2 N–H and O–H groups in total. The zero-order valence-electron chi connectivity index (χ0n) is 13.4. The van der Waals surface area contributed by atoms with Crippen LogP contribution in [0.3, 0.4) is 0 Å². The summed E-state index contributed by atoms with van der Waals surface area (Å²) in [7, 11) is 0. The Kier molecular flexibility index (Phi) is 6.57. The van der Waals surface area contributed by atoms with Gasteiger partial charge in [0.25, 0.3) is 0 Å². The molecule has 5 nitrogen and oxygen atoms in total. The van der Waals surface area contributed by atoms with Gasteiger partial charge in [0.1, 0.15) is 0 Å². The summed E-state index contributed by atoms with van der Waals surface area (Å²) in [6.45, 7) is 0.775. The van der Waals surface area contributed by atoms with Gasteiger partial charge in [0, 0.05) is 11.6 Å². The van der Waals surface area contributed by atoms with Gasteiger partial charge in [-0.25, -0.2) is 0 Å². The molecule has 17 heteroatoms. The van der Waals surface area contributed by atoms with Crippen molar-refractivity contribution in [3.63, 3.8) is 0 Å². The molecule has 1 aromatic rings. The molecule has 0 radical (unpaired) electrons. The van der Waals surface area contributed by atoms with Crippen LogP contribution in [-0.2, 0) is 0 Å². The smallest absolute Gasteiger partial charge is 0.402 e. The molecule has 0 saturated heterocycles. The maximum absolute atomic E-state index is 12.6. The summed E-state index contributed by atoms with van der Waals surface area (Å²) in [5.41, 5.74) is 3.92. The third-order valence-electron chi connectivity index (χ3n) is 2.55. The van der Waals surface area contributed by atoms with Crippen LogP contribution in [0.2, 0.25) is 0 Å². The van der Waals surface area contributed by atoms with E-state index in [9.17, 15) is 52.7 Å². The molecule has 0 aliphatic heterocycles. The van der Waals surface area contributed by atoms with E-state index in [2.05, 4.69) is 18.9 Å². The topological polar surface area (TPSA) is 62.9 Å². The Hall–Kier alpha value is -2.46. The van der Waals surface area contributed by atoms with Crippen LogP contribution in [0.15, 0.2) is 6.07 Å². The molecule has 1 rings (SSSR count). The molecule has 1 aromatic carbocycles. The number of alkyl halides is 12. The van der Waals surface area contributed by atoms with Crippen molar-refractivity contribution in [2.45, 2.75) is 38.4 Å². The van der Waals surface area contributed by atoms with E-state index in [-0.39, 0.29) is 6.07 Å². The third kappa shape index (κ3) is 8.20. The third-order valence-corrected chi connectivity index (χ3v) is 2.55. The Labute approximate surface area is 151 Å². The zero-order valence-corrected chi connectivity index (χ0v) is 13.4. The van der Waals surface area contributed by atoms with Gasteiger partial charge in [0.2, 0.25) is 11.5 Å². The fourth-order valence-electron chi connectivity index (χ4n) is 1.80. The summed E-state index contributed by atoms with van der Waals surface area (Å²) < 4.78 is 163. The Bertz CT molecular complexity index is 720. The van der Waals surface area contributed by atoms with Crippen molar-refractivity contribution >= 4 is 0 Å². The molecule has 168 valence electrons. The number of ether oxygens (including phenoxy) is 4. The minimum absolute atomic E-state index is 0.163. The van der Waals surface area contributed by atoms with E-state index in [1.54, 1.807) is 0 Å². The number of nitrogens with two attached hydrogens (primary N) is 1. The van der Waals surface area contributed by atoms with Crippen LogP contribution in [0, 0.1) is 0 Å². The molecule has 0 heterocycles. The van der Waals surface area contributed by atoms with E-state index in [4.69, 9.17) is 5.73 Å². The highest BCUT2D eigenvalue weighted by atomic mass is 19.4. The average molecular weight is 457 g/mol. The summed E-state index contributed by atoms with van der Waals surface area (Å²) in [5.74, 6) is -9.30. The van der Waals surface area contributed by atoms with Crippen LogP contribution >= 0.6 is 0 Å². The first-order valence-electron chi connectivity index (χ1n) is 6.68. The van der Waals surface area contributed by atoms with Crippen molar-refractivity contribution in [1.82, 2.24) is 0 Å². The lowest BCUT2D eigenvalue weighted by Crippen LogP contribution is -2.26. The predicted molar refractivity (Wildman–Crippen MR) is 65.8 cm³/mol. The molecule has 0 bridgehead atoms. The lowest BCUT2D eigenvalue weighted by atomic mass is 10.1. The van der Waals surface area contributed by atoms with Gasteiger partial charge in [-0.3, -0.25) is 0 Å². The van der Waals surface area contributed by atoms with Gasteiger partial charge in [0.15, 0.2) is 11.5 Å². The van der Waals surface area contributed by atoms with E-state index in [0.29, 0.717) is 0 Å². The fraction of sp³-hybridized carbons (Fsp3) is 0.500. The van der Waals surface area contributed by atoms with Crippen molar-refractivity contribution in [2.75, 3.05) is 0 Å². The second-order valence-corrected chi connectivity index (χ2v) is 4.93. The van der Waals surface area contributed by atoms with Gasteiger partial charge in [-0.1, -0.05) is 0 Å². The number of hydrogen-bond donors (Lipinski definition) is 1. The van der Waals surface area contributed by atoms with Crippen LogP contribution < -0.4 is 24.7 Å². The molecule has 29 heavy (non-hydrogen) atoms. The average Bonchev–Trinajstić information content (AvgIpc) is 2.39. The Morgan fingerprint density at radius 3 is 1.31 bits per heavy atom. The van der Waals surface area contributed by atoms with Gasteiger partial charge in [0.05, 0.1) is 0 Å². The summed E-state index contributed by atoms with van der Waals surface area (Å²) in [6.07, 6.45) is -23.6. The van der Waals surface area contributed by atoms with Gasteiger partial charge in [-0.2, -0.15) is 0 Å². The molecule has 0 saturated carbocycles. The van der Waals surface area contributed by atoms with Crippen LogP contribution in [0.25, 0.3) is 0 Å². The molecule has 0 aliphatic rings. The van der Waals surface area contributed by atoms with Gasteiger partial charge < -0.3 is 24.7 Å². The molecule has 0 aliphatic carbocycles. The molecular weight excluding hydrogens is 450 g/mol. The second kappa shape index (κ2) is 7.75. The molecule has 0 amide bonds. The second-order valence-electron chi connectivity index (χ2n) is 4.93. The van der Waals surface area contributed by atoms with E-state index >= 15 is 0 Å². The molecule has 0 aromatic heterocycles. The Morgan fingerprint density at radius 1 is 0.621 bits per heavy atom. The van der Waals surface area contributed by atoms with Crippen molar-refractivity contribution in [1.29, 1.82) is 0 Å². The van der Waals surface area contributed by atoms with Crippen molar-refractivity contribution in [3.8, 4) is 23.0 Å². The number of hydrogen-bond acceptors (Lipinski definition) is 5. The Balaban J connectivity index is 3.95. The summed E-state index contributed by atoms with van der Waals surface area (Å²) >= 11 is 0. The maximum atomic E-state index is 12.6. The molecule has 0 spiro atoms. The van der Waals surface area contributed by atoms with E-state index in [0.717, 1.165) is 6.92 Å². The van der Waals surface area contributed by atoms with Crippen molar-refractivity contribution in [2.24, 2.45) is 5.73 Å². The standard InChI is InChI=1S/C12H7F12NO4/c1-3(25)4-2-5(26-9(13,14)15)7(28-11(19,20)21)8(29-12(22,23)24)6(4)27-10(16,17)18/h2-3H,25H2,1H3. The lowest BCUT2D eigenvalue weighted by Gasteiger charge is -2.25. The highest BCUT2D eigenvalue weighted by Crippen LogP contribution is 2.53. The number of benzene rings is 1. The summed E-state index contributed by atoms with van der Waals surface area (Å²) in [6, 6.07) is -1.96. The van der Waals surface area contributed by atoms with E-state index in [1.807, 2.05) is 0 Å². The predicted octanol–water partition coefficient (Wildman–Crippen LogP) is 5.30. The SMILES string of the molecule is CC(N)c1cc(OC(F)(F)F)c(OC(F)(F)F)c(OC(F)(F)F)c1OC(F)(F)F. The van der Waals surface area contributed by atoms with Gasteiger partial charge in [-0.05, 0) is 13.0 Å². The van der Waals surface area contributed by atoms with E-state index in [1.165, 1.54) is 0 Å². The first-order valence-corrected chi connectivity index (χ1v) is 6.68. The van der Waals surface area contributed by atoms with Crippen molar-refractivity contribution < 1.29 is 71.6 Å². The quantitative estimate of drug-likeness (QED) is 0.609. The lowest BCUT2D eigenvalue weighted by molar-refractivity contribution is -0.297. The number of halogens is 12. The van der Waals surface area contributed by atoms with Gasteiger partial charge >= 0.3 is 25.4 Å². The van der Waals surface area contributed by atoms with Crippen LogP contribution in [0.5, 0.6) is 23.0 Å². The van der Waals surface area contributed by atoms with Crippen LogP contribution in [0.4, 0.5) is 52.7 Å². The van der Waals surface area contributed by atoms with Crippen LogP contribution in [0.1, 0.15) is 18.5 Å². The normalized spacial score (nSPS) is 14.4. The highest BCUT2D eigenvalue weighted by Gasteiger charge is 2.45. The van der Waals surface area contributed by atoms with E-state index < -0.39 is 60.1 Å². The largest absolute Gasteiger partial charge is 0.573 e. The monoisotopic (exact) mass is 457 g/mol. The minimum Gasteiger partial charge on any atom is -0.402 e. The van der Waals surface area contributed by atoms with Gasteiger partial charge in [-0.15, -0.1) is 52.7 Å². The van der Waals surface area contributed by atoms with Crippen LogP contribution in [-0.4, -0.2) is 25.4 Å². The molecule has 0 fully saturated rings. The Morgan fingerprint density at radius 2 is 0.966 bits per heavy atom. The summed E-state index contributed by atoms with van der Waals surface area (Å²) in [5, 5.41) is 0. The highest BCUT2D eigenvalue weighted by molar-refractivity contribution is 5.64. The molecule has 1 atom stereocenters. The zero-order chi connectivity index (χ0) is 23.0. The summed E-state index contributed by atoms with van der Waals surface area (Å²) in [4.78, 5) is 0. The minimum atomic E-state index is -5.99. The molecule has 1 unspecified atom stereocenters. The number of rotatable bonds is 5. The molecular formula is C12H7F12NO4. The maximum Gasteiger partial charge on any atom is 0.573 e. The fourth-order valence-corrected chi connectivity index (χ4v) is 1.80.